The first-order valence-corrected chi connectivity index (χ1v) is 6.76. The maximum atomic E-state index is 13.5. The molecule has 2 N–H and O–H groups in total. The fourth-order valence-electron chi connectivity index (χ4n) is 1.78. The number of hydrogen-bond donors (Lipinski definition) is 1. The summed E-state index contributed by atoms with van der Waals surface area (Å²) >= 11 is 11.7. The van der Waals surface area contributed by atoms with Gasteiger partial charge in [0.05, 0.1) is 15.7 Å². The van der Waals surface area contributed by atoms with Crippen molar-refractivity contribution in [2.75, 3.05) is 5.73 Å². The maximum absolute atomic E-state index is 13.5. The topological polar surface area (TPSA) is 43.8 Å². The number of nitrogens with zero attached hydrogens (tertiary/aromatic N) is 2. The Labute approximate surface area is 121 Å². The van der Waals surface area contributed by atoms with Crippen molar-refractivity contribution in [2.45, 2.75) is 26.3 Å². The number of anilines is 1. The lowest BCUT2D eigenvalue weighted by Gasteiger charge is -2.04. The van der Waals surface area contributed by atoms with E-state index in [9.17, 15) is 4.39 Å². The van der Waals surface area contributed by atoms with Gasteiger partial charge in [-0.25, -0.2) is 4.39 Å². The van der Waals surface area contributed by atoms with Crippen molar-refractivity contribution in [2.24, 2.45) is 0 Å². The van der Waals surface area contributed by atoms with E-state index < -0.39 is 5.82 Å². The molecule has 0 saturated carbocycles. The van der Waals surface area contributed by atoms with Crippen LogP contribution in [0.4, 0.5) is 10.1 Å². The third-order valence-corrected chi connectivity index (χ3v) is 3.40. The van der Waals surface area contributed by atoms with Crippen LogP contribution in [0.5, 0.6) is 0 Å². The zero-order valence-corrected chi connectivity index (χ0v) is 12.0. The Morgan fingerprint density at radius 2 is 2.05 bits per heavy atom. The SMILES string of the molecule is CCCCn1cc(N)c(-c2cc(F)c(Cl)cc2Cl)n1. The van der Waals surface area contributed by atoms with Crippen LogP contribution in [0.1, 0.15) is 19.8 Å². The molecule has 6 heteroatoms. The van der Waals surface area contributed by atoms with Crippen LogP contribution in [0, 0.1) is 5.82 Å². The van der Waals surface area contributed by atoms with Gasteiger partial charge in [-0.15, -0.1) is 0 Å². The summed E-state index contributed by atoms with van der Waals surface area (Å²) in [6, 6.07) is 2.62. The first-order valence-electron chi connectivity index (χ1n) is 6.00. The van der Waals surface area contributed by atoms with Gasteiger partial charge in [-0.05, 0) is 18.6 Å². The van der Waals surface area contributed by atoms with Crippen LogP contribution in [-0.2, 0) is 6.54 Å². The molecule has 2 aromatic rings. The summed E-state index contributed by atoms with van der Waals surface area (Å²) in [7, 11) is 0. The van der Waals surface area contributed by atoms with Crippen molar-refractivity contribution in [1.82, 2.24) is 9.78 Å². The highest BCUT2D eigenvalue weighted by Crippen LogP contribution is 2.34. The summed E-state index contributed by atoms with van der Waals surface area (Å²) in [5.74, 6) is -0.538. The van der Waals surface area contributed by atoms with Gasteiger partial charge in [0.15, 0.2) is 0 Å². The largest absolute Gasteiger partial charge is 0.396 e. The van der Waals surface area contributed by atoms with Crippen LogP contribution >= 0.6 is 23.2 Å². The first kappa shape index (κ1) is 14.2. The number of aryl methyl sites for hydroxylation is 1. The zero-order chi connectivity index (χ0) is 14.0. The third kappa shape index (κ3) is 3.01. The number of nitrogens with two attached hydrogens (primary N) is 1. The van der Waals surface area contributed by atoms with Crippen molar-refractivity contribution in [3.8, 4) is 11.3 Å². The number of aromatic nitrogens is 2. The van der Waals surface area contributed by atoms with E-state index in [1.165, 1.54) is 12.1 Å². The minimum atomic E-state index is -0.538. The second-order valence-corrected chi connectivity index (χ2v) is 5.11. The second kappa shape index (κ2) is 5.80. The van der Waals surface area contributed by atoms with Gasteiger partial charge in [0.1, 0.15) is 11.5 Å². The van der Waals surface area contributed by atoms with Crippen molar-refractivity contribution in [3.63, 3.8) is 0 Å². The average Bonchev–Trinajstić information content (AvgIpc) is 2.72. The summed E-state index contributed by atoms with van der Waals surface area (Å²) in [5, 5.41) is 4.66. The van der Waals surface area contributed by atoms with Crippen molar-refractivity contribution in [3.05, 3.63) is 34.2 Å². The summed E-state index contributed by atoms with van der Waals surface area (Å²) in [5.41, 5.74) is 7.31. The number of hydrogen-bond acceptors (Lipinski definition) is 2. The lowest BCUT2D eigenvalue weighted by Crippen LogP contribution is -1.98. The minimum Gasteiger partial charge on any atom is -0.396 e. The van der Waals surface area contributed by atoms with Crippen molar-refractivity contribution < 1.29 is 4.39 Å². The number of nitrogen functional groups attached to an aromatic ring is 1. The van der Waals surface area contributed by atoms with Gasteiger partial charge in [0, 0.05) is 18.3 Å². The molecule has 0 aliphatic rings. The van der Waals surface area contributed by atoms with E-state index in [1.54, 1.807) is 10.9 Å². The Morgan fingerprint density at radius 1 is 1.32 bits per heavy atom. The second-order valence-electron chi connectivity index (χ2n) is 4.30. The monoisotopic (exact) mass is 301 g/mol. The molecule has 1 aromatic heterocycles. The van der Waals surface area contributed by atoms with Gasteiger partial charge >= 0.3 is 0 Å². The molecular weight excluding hydrogens is 288 g/mol. The maximum Gasteiger partial charge on any atom is 0.142 e. The lowest BCUT2D eigenvalue weighted by molar-refractivity contribution is 0.573. The summed E-state index contributed by atoms with van der Waals surface area (Å²) in [6.07, 6.45) is 3.79. The van der Waals surface area contributed by atoms with Gasteiger partial charge in [-0.2, -0.15) is 5.10 Å². The molecule has 0 unspecified atom stereocenters. The van der Waals surface area contributed by atoms with Crippen LogP contribution in [-0.4, -0.2) is 9.78 Å². The Bertz CT molecular complexity index is 596. The molecule has 0 aliphatic carbocycles. The molecule has 19 heavy (non-hydrogen) atoms. The van der Waals surface area contributed by atoms with Gasteiger partial charge in [0.25, 0.3) is 0 Å². The summed E-state index contributed by atoms with van der Waals surface area (Å²) in [4.78, 5) is 0. The number of rotatable bonds is 4. The predicted molar refractivity (Wildman–Crippen MR) is 77.0 cm³/mol. The number of halogens is 3. The molecule has 2 rings (SSSR count). The highest BCUT2D eigenvalue weighted by molar-refractivity contribution is 6.36. The van der Waals surface area contributed by atoms with Crippen molar-refractivity contribution >= 4 is 28.9 Å². The molecule has 0 bridgehead atoms. The molecule has 0 atom stereocenters. The first-order chi connectivity index (χ1) is 9.02. The molecule has 3 nitrogen and oxygen atoms in total. The molecule has 0 radical (unpaired) electrons. The quantitative estimate of drug-likeness (QED) is 0.852. The van der Waals surface area contributed by atoms with Gasteiger partial charge in [-0.1, -0.05) is 36.5 Å². The normalized spacial score (nSPS) is 10.9. The predicted octanol–water partition coefficient (Wildman–Crippen LogP) is 4.38. The Hall–Kier alpha value is -1.26. The molecule has 1 aromatic carbocycles. The van der Waals surface area contributed by atoms with E-state index in [2.05, 4.69) is 12.0 Å². The number of unbranched alkanes of at least 4 members (excludes halogenated alkanes) is 1. The Morgan fingerprint density at radius 3 is 2.74 bits per heavy atom. The van der Waals surface area contributed by atoms with Crippen LogP contribution in [0.3, 0.4) is 0 Å². The molecule has 102 valence electrons. The highest BCUT2D eigenvalue weighted by Gasteiger charge is 2.15. The highest BCUT2D eigenvalue weighted by atomic mass is 35.5. The van der Waals surface area contributed by atoms with Crippen LogP contribution in [0.25, 0.3) is 11.3 Å². The van der Waals surface area contributed by atoms with Gasteiger partial charge in [0.2, 0.25) is 0 Å². The lowest BCUT2D eigenvalue weighted by atomic mass is 10.1. The standard InChI is InChI=1S/C13H14Cl2FN3/c1-2-3-4-19-7-12(17)13(18-19)8-5-11(16)10(15)6-9(8)14/h5-7H,2-4,17H2,1H3. The molecule has 0 saturated heterocycles. The molecule has 0 fully saturated rings. The van der Waals surface area contributed by atoms with E-state index in [0.717, 1.165) is 19.4 Å². The summed E-state index contributed by atoms with van der Waals surface area (Å²) < 4.78 is 15.3. The Kier molecular flexibility index (Phi) is 4.32. The molecule has 0 amide bonds. The molecule has 0 spiro atoms. The van der Waals surface area contributed by atoms with E-state index in [4.69, 9.17) is 28.9 Å². The fraction of sp³-hybridized carbons (Fsp3) is 0.308. The van der Waals surface area contributed by atoms with Gasteiger partial charge in [-0.3, -0.25) is 4.68 Å². The van der Waals surface area contributed by atoms with E-state index in [1.807, 2.05) is 0 Å². The van der Waals surface area contributed by atoms with E-state index in [0.29, 0.717) is 22.0 Å². The third-order valence-electron chi connectivity index (χ3n) is 2.80. The molecular formula is C13H14Cl2FN3. The molecule has 1 heterocycles. The molecule has 0 aliphatic heterocycles. The Balaban J connectivity index is 2.41. The summed E-state index contributed by atoms with van der Waals surface area (Å²) in [6.45, 7) is 2.87. The van der Waals surface area contributed by atoms with E-state index >= 15 is 0 Å². The smallest absolute Gasteiger partial charge is 0.142 e. The van der Waals surface area contributed by atoms with Crippen molar-refractivity contribution in [1.29, 1.82) is 0 Å². The number of benzene rings is 1. The average molecular weight is 302 g/mol. The zero-order valence-electron chi connectivity index (χ0n) is 10.5. The fourth-order valence-corrected chi connectivity index (χ4v) is 2.26. The van der Waals surface area contributed by atoms with E-state index in [-0.39, 0.29) is 5.02 Å². The van der Waals surface area contributed by atoms with Crippen LogP contribution in [0.15, 0.2) is 18.3 Å². The van der Waals surface area contributed by atoms with Crippen LogP contribution < -0.4 is 5.73 Å². The minimum absolute atomic E-state index is 0.0160. The van der Waals surface area contributed by atoms with Gasteiger partial charge < -0.3 is 5.73 Å². The van der Waals surface area contributed by atoms with Crippen LogP contribution in [0.2, 0.25) is 10.0 Å².